The van der Waals surface area contributed by atoms with E-state index < -0.39 is 7.12 Å². The summed E-state index contributed by atoms with van der Waals surface area (Å²) in [6.45, 7) is 8.55. The molecule has 0 saturated carbocycles. The highest BCUT2D eigenvalue weighted by Gasteiger charge is 2.23. The van der Waals surface area contributed by atoms with Crippen molar-refractivity contribution in [1.82, 2.24) is 5.32 Å². The monoisotopic (exact) mass is 261 g/mol. The molecule has 3 N–H and O–H groups in total. The molecule has 0 atom stereocenters. The maximum Gasteiger partial charge on any atom is 0.488 e. The van der Waals surface area contributed by atoms with E-state index in [1.807, 2.05) is 12.1 Å². The predicted molar refractivity (Wildman–Crippen MR) is 79.8 cm³/mol. The summed E-state index contributed by atoms with van der Waals surface area (Å²) in [6, 6.07) is 6.10. The molecular formula is C15H24BNO2. The van der Waals surface area contributed by atoms with Gasteiger partial charge < -0.3 is 15.4 Å². The second kappa shape index (κ2) is 5.65. The van der Waals surface area contributed by atoms with Crippen molar-refractivity contribution in [3.05, 3.63) is 29.3 Å². The number of benzene rings is 1. The molecule has 3 nitrogen and oxygen atoms in total. The first kappa shape index (κ1) is 14.6. The molecule has 0 aliphatic carbocycles. The van der Waals surface area contributed by atoms with Crippen molar-refractivity contribution < 1.29 is 10.0 Å². The highest BCUT2D eigenvalue weighted by Crippen LogP contribution is 2.29. The summed E-state index contributed by atoms with van der Waals surface area (Å²) in [4.78, 5) is 0. The lowest BCUT2D eigenvalue weighted by molar-refractivity contribution is 0.425. The maximum atomic E-state index is 9.48. The van der Waals surface area contributed by atoms with Crippen LogP contribution in [-0.4, -0.2) is 30.3 Å². The molecule has 0 aromatic heterocycles. The van der Waals surface area contributed by atoms with Crippen LogP contribution in [0.25, 0.3) is 0 Å². The first-order valence-electron chi connectivity index (χ1n) is 7.10. The van der Waals surface area contributed by atoms with Gasteiger partial charge in [0.2, 0.25) is 0 Å². The van der Waals surface area contributed by atoms with E-state index >= 15 is 0 Å². The van der Waals surface area contributed by atoms with Crippen molar-refractivity contribution in [2.24, 2.45) is 0 Å². The first-order chi connectivity index (χ1) is 8.88. The van der Waals surface area contributed by atoms with Gasteiger partial charge in [-0.25, -0.2) is 0 Å². The van der Waals surface area contributed by atoms with Gasteiger partial charge in [0.15, 0.2) is 0 Å². The average molecular weight is 261 g/mol. The zero-order valence-electron chi connectivity index (χ0n) is 12.1. The van der Waals surface area contributed by atoms with E-state index in [9.17, 15) is 10.0 Å². The van der Waals surface area contributed by atoms with Crippen LogP contribution in [0.15, 0.2) is 18.2 Å². The Bertz CT molecular complexity index is 434. The maximum absolute atomic E-state index is 9.48. The summed E-state index contributed by atoms with van der Waals surface area (Å²) in [7, 11) is -1.39. The fraction of sp³-hybridized carbons (Fsp3) is 0.600. The van der Waals surface area contributed by atoms with Crippen LogP contribution in [0.4, 0.5) is 0 Å². The van der Waals surface area contributed by atoms with Gasteiger partial charge in [0.1, 0.15) is 0 Å². The van der Waals surface area contributed by atoms with Crippen LogP contribution in [0.3, 0.4) is 0 Å². The number of piperidine rings is 1. The number of nitrogens with one attached hydrogen (secondary N) is 1. The van der Waals surface area contributed by atoms with Crippen LogP contribution in [-0.2, 0) is 5.41 Å². The van der Waals surface area contributed by atoms with E-state index in [2.05, 4.69) is 32.2 Å². The quantitative estimate of drug-likeness (QED) is 0.699. The van der Waals surface area contributed by atoms with Gasteiger partial charge in [0, 0.05) is 0 Å². The fourth-order valence-corrected chi connectivity index (χ4v) is 2.65. The normalized spacial score (nSPS) is 17.5. The fourth-order valence-electron chi connectivity index (χ4n) is 2.65. The molecule has 1 aliphatic rings. The van der Waals surface area contributed by atoms with Crippen LogP contribution in [0.1, 0.15) is 50.7 Å². The molecule has 1 aromatic carbocycles. The Morgan fingerprint density at radius 2 is 1.74 bits per heavy atom. The predicted octanol–water partition coefficient (Wildman–Crippen LogP) is 1.13. The molecule has 1 aliphatic heterocycles. The zero-order valence-corrected chi connectivity index (χ0v) is 12.1. The van der Waals surface area contributed by atoms with E-state index in [1.54, 1.807) is 0 Å². The molecule has 2 rings (SSSR count). The van der Waals surface area contributed by atoms with Gasteiger partial charge in [-0.15, -0.1) is 0 Å². The van der Waals surface area contributed by atoms with Gasteiger partial charge in [0.05, 0.1) is 0 Å². The van der Waals surface area contributed by atoms with Gasteiger partial charge in [-0.1, -0.05) is 39.0 Å². The van der Waals surface area contributed by atoms with Crippen molar-refractivity contribution in [3.63, 3.8) is 0 Å². The lowest BCUT2D eigenvalue weighted by Gasteiger charge is -2.27. The van der Waals surface area contributed by atoms with Crippen LogP contribution < -0.4 is 10.8 Å². The van der Waals surface area contributed by atoms with Crippen LogP contribution in [0.2, 0.25) is 0 Å². The Morgan fingerprint density at radius 3 is 2.26 bits per heavy atom. The van der Waals surface area contributed by atoms with Crippen molar-refractivity contribution in [3.8, 4) is 0 Å². The summed E-state index contributed by atoms with van der Waals surface area (Å²) < 4.78 is 0. The zero-order chi connectivity index (χ0) is 14.0. The minimum atomic E-state index is -1.39. The SMILES string of the molecule is CC(C)(C)c1cc(B(O)O)cc(C2CCNCC2)c1. The van der Waals surface area contributed by atoms with Gasteiger partial charge in [-0.2, -0.15) is 0 Å². The third-order valence-electron chi connectivity index (χ3n) is 3.95. The molecular weight excluding hydrogens is 237 g/mol. The molecule has 0 bridgehead atoms. The van der Waals surface area contributed by atoms with Gasteiger partial charge >= 0.3 is 7.12 Å². The summed E-state index contributed by atoms with van der Waals surface area (Å²) in [6.07, 6.45) is 2.24. The van der Waals surface area contributed by atoms with E-state index in [0.29, 0.717) is 11.4 Å². The first-order valence-corrected chi connectivity index (χ1v) is 7.10. The van der Waals surface area contributed by atoms with Crippen molar-refractivity contribution in [1.29, 1.82) is 0 Å². The van der Waals surface area contributed by atoms with Gasteiger partial charge in [-0.3, -0.25) is 0 Å². The van der Waals surface area contributed by atoms with Crippen molar-refractivity contribution in [2.75, 3.05) is 13.1 Å². The molecule has 1 saturated heterocycles. The Morgan fingerprint density at radius 1 is 1.11 bits per heavy atom. The third-order valence-corrected chi connectivity index (χ3v) is 3.95. The molecule has 19 heavy (non-hydrogen) atoms. The smallest absolute Gasteiger partial charge is 0.423 e. The summed E-state index contributed by atoms with van der Waals surface area (Å²) in [5, 5.41) is 22.3. The van der Waals surface area contributed by atoms with Gasteiger partial charge in [0.25, 0.3) is 0 Å². The van der Waals surface area contributed by atoms with Crippen molar-refractivity contribution >= 4 is 12.6 Å². The van der Waals surface area contributed by atoms with E-state index in [-0.39, 0.29) is 5.41 Å². The van der Waals surface area contributed by atoms with Crippen LogP contribution in [0, 0.1) is 0 Å². The van der Waals surface area contributed by atoms with E-state index in [0.717, 1.165) is 25.9 Å². The molecule has 1 heterocycles. The molecule has 1 fully saturated rings. The lowest BCUT2D eigenvalue weighted by atomic mass is 9.73. The molecule has 104 valence electrons. The summed E-state index contributed by atoms with van der Waals surface area (Å²) >= 11 is 0. The molecule has 0 unspecified atom stereocenters. The van der Waals surface area contributed by atoms with Crippen molar-refractivity contribution in [2.45, 2.75) is 44.9 Å². The van der Waals surface area contributed by atoms with Crippen LogP contribution in [0.5, 0.6) is 0 Å². The standard InChI is InChI=1S/C15H24BNO2/c1-15(2,3)13-8-12(9-14(10-13)16(18)19)11-4-6-17-7-5-11/h8-11,17-19H,4-7H2,1-3H3. The molecule has 0 spiro atoms. The minimum Gasteiger partial charge on any atom is -0.423 e. The van der Waals surface area contributed by atoms with Gasteiger partial charge in [-0.05, 0) is 53.9 Å². The molecule has 0 amide bonds. The number of rotatable bonds is 2. The Kier molecular flexibility index (Phi) is 4.34. The Hall–Kier alpha value is -0.835. The third kappa shape index (κ3) is 3.59. The van der Waals surface area contributed by atoms with E-state index in [1.165, 1.54) is 11.1 Å². The minimum absolute atomic E-state index is 0.0204. The van der Waals surface area contributed by atoms with E-state index in [4.69, 9.17) is 0 Å². The highest BCUT2D eigenvalue weighted by atomic mass is 16.4. The Balaban J connectivity index is 2.39. The summed E-state index contributed by atoms with van der Waals surface area (Å²) in [5.74, 6) is 0.529. The lowest BCUT2D eigenvalue weighted by Crippen LogP contribution is -2.33. The largest absolute Gasteiger partial charge is 0.488 e. The van der Waals surface area contributed by atoms with Crippen LogP contribution >= 0.6 is 0 Å². The highest BCUT2D eigenvalue weighted by molar-refractivity contribution is 6.58. The number of hydrogen-bond donors (Lipinski definition) is 3. The summed E-state index contributed by atoms with van der Waals surface area (Å²) in [5.41, 5.74) is 3.05. The molecule has 4 heteroatoms. The second-order valence-corrected chi connectivity index (χ2v) is 6.54. The Labute approximate surface area is 116 Å². The molecule has 1 aromatic rings. The average Bonchev–Trinajstić information content (AvgIpc) is 2.38. The molecule has 0 radical (unpaired) electrons. The topological polar surface area (TPSA) is 52.5 Å². The number of hydrogen-bond acceptors (Lipinski definition) is 3. The second-order valence-electron chi connectivity index (χ2n) is 6.54.